The number of carbonyl (C=O) groups is 2. The van der Waals surface area contributed by atoms with Crippen LogP contribution in [0.15, 0.2) is 29.4 Å². The van der Waals surface area contributed by atoms with Crippen molar-refractivity contribution in [1.82, 2.24) is 14.9 Å². The number of nitrogens with one attached hydrogen (secondary N) is 1. The van der Waals surface area contributed by atoms with Crippen LogP contribution in [-0.2, 0) is 16.0 Å². The van der Waals surface area contributed by atoms with Crippen molar-refractivity contribution in [3.05, 3.63) is 35.5 Å². The van der Waals surface area contributed by atoms with Crippen molar-refractivity contribution in [2.45, 2.75) is 32.2 Å². The van der Waals surface area contributed by atoms with E-state index in [1.165, 1.54) is 16.0 Å². The highest BCUT2D eigenvalue weighted by molar-refractivity contribution is 6.39. The molecule has 1 unspecified atom stereocenters. The Morgan fingerprint density at radius 2 is 2.04 bits per heavy atom. The molecule has 2 amide bonds. The third-order valence-electron chi connectivity index (χ3n) is 5.05. The van der Waals surface area contributed by atoms with Crippen LogP contribution in [0.4, 0.5) is 0 Å². The lowest BCUT2D eigenvalue weighted by Gasteiger charge is -2.34. The molecule has 2 aliphatic heterocycles. The summed E-state index contributed by atoms with van der Waals surface area (Å²) in [6.07, 6.45) is 1.60. The molecule has 24 heavy (non-hydrogen) atoms. The topological polar surface area (TPSA) is 68.8 Å². The zero-order chi connectivity index (χ0) is 16.8. The molecule has 6 nitrogen and oxygen atoms in total. The van der Waals surface area contributed by atoms with Gasteiger partial charge in [0.05, 0.1) is 6.04 Å². The summed E-state index contributed by atoms with van der Waals surface area (Å²) in [5, 5.41) is 6.69. The van der Waals surface area contributed by atoms with Crippen molar-refractivity contribution in [3.8, 4) is 0 Å². The number of H-pyrrole nitrogens is 1. The van der Waals surface area contributed by atoms with E-state index < -0.39 is 0 Å². The number of aromatic amines is 1. The van der Waals surface area contributed by atoms with Gasteiger partial charge in [-0.25, -0.2) is 5.01 Å². The number of carbonyl (C=O) groups excluding carboxylic acids is 2. The van der Waals surface area contributed by atoms with Gasteiger partial charge < -0.3 is 9.88 Å². The van der Waals surface area contributed by atoms with E-state index in [2.05, 4.69) is 22.2 Å². The van der Waals surface area contributed by atoms with E-state index in [0.717, 1.165) is 17.6 Å². The number of hydrogen-bond donors (Lipinski definition) is 1. The quantitative estimate of drug-likeness (QED) is 0.874. The maximum Gasteiger partial charge on any atom is 0.270 e. The summed E-state index contributed by atoms with van der Waals surface area (Å²) in [7, 11) is 1.60. The Balaban J connectivity index is 1.66. The van der Waals surface area contributed by atoms with Crippen molar-refractivity contribution in [2.24, 2.45) is 5.10 Å². The lowest BCUT2D eigenvalue weighted by Crippen LogP contribution is -2.44. The zero-order valence-electron chi connectivity index (χ0n) is 13.9. The second kappa shape index (κ2) is 5.47. The van der Waals surface area contributed by atoms with Crippen LogP contribution < -0.4 is 0 Å². The third kappa shape index (κ3) is 2.21. The Morgan fingerprint density at radius 3 is 2.83 bits per heavy atom. The van der Waals surface area contributed by atoms with E-state index in [-0.39, 0.29) is 17.9 Å². The highest BCUT2D eigenvalue weighted by Gasteiger charge is 2.33. The molecule has 1 N–H and O–H groups in total. The smallest absolute Gasteiger partial charge is 0.270 e. The van der Waals surface area contributed by atoms with Gasteiger partial charge in [0.25, 0.3) is 5.91 Å². The van der Waals surface area contributed by atoms with Crippen LogP contribution in [-0.4, -0.2) is 46.0 Å². The van der Waals surface area contributed by atoms with Crippen LogP contribution in [0.5, 0.6) is 0 Å². The fourth-order valence-electron chi connectivity index (χ4n) is 3.70. The number of benzene rings is 1. The summed E-state index contributed by atoms with van der Waals surface area (Å²) in [4.78, 5) is 29.8. The predicted octanol–water partition coefficient (Wildman–Crippen LogP) is 2.22. The molecule has 1 atom stereocenters. The van der Waals surface area contributed by atoms with Gasteiger partial charge >= 0.3 is 0 Å². The average Bonchev–Trinajstić information content (AvgIpc) is 2.97. The summed E-state index contributed by atoms with van der Waals surface area (Å²) in [6, 6.07) is 8.22. The molecule has 124 valence electrons. The minimum absolute atomic E-state index is 0.0284. The summed E-state index contributed by atoms with van der Waals surface area (Å²) in [5.74, 6) is -0.109. The van der Waals surface area contributed by atoms with Crippen LogP contribution in [0.1, 0.15) is 37.1 Å². The molecule has 2 aliphatic rings. The molecule has 0 aliphatic carbocycles. The maximum absolute atomic E-state index is 12.9. The second-order valence-corrected chi connectivity index (χ2v) is 6.45. The molecule has 6 heteroatoms. The van der Waals surface area contributed by atoms with E-state index in [1.807, 2.05) is 24.0 Å². The number of nitrogens with zero attached hydrogens (tertiary/aromatic N) is 3. The number of fused-ring (bicyclic) bond motifs is 3. The highest BCUT2D eigenvalue weighted by Crippen LogP contribution is 2.34. The summed E-state index contributed by atoms with van der Waals surface area (Å²) in [5.41, 5.74) is 4.00. The van der Waals surface area contributed by atoms with Crippen LogP contribution >= 0.6 is 0 Å². The van der Waals surface area contributed by atoms with Crippen LogP contribution in [0, 0.1) is 0 Å². The van der Waals surface area contributed by atoms with Crippen LogP contribution in [0.2, 0.25) is 0 Å². The Bertz CT molecular complexity index is 867. The van der Waals surface area contributed by atoms with Crippen molar-refractivity contribution < 1.29 is 9.59 Å². The lowest BCUT2D eigenvalue weighted by molar-refractivity contribution is -0.131. The molecule has 3 heterocycles. The van der Waals surface area contributed by atoms with Gasteiger partial charge in [0.15, 0.2) is 0 Å². The molecule has 0 saturated heterocycles. The standard InChI is InChI=1S/C18H20N4O2/c1-11-17-13(12-5-3-4-6-14(12)19-17)9-10-22(11)18(24)15-7-8-16(23)21(2)20-15/h3-6,11,19H,7-10H2,1-2H3. The highest BCUT2D eigenvalue weighted by atomic mass is 16.2. The summed E-state index contributed by atoms with van der Waals surface area (Å²) < 4.78 is 0. The monoisotopic (exact) mass is 324 g/mol. The SMILES string of the molecule is CC1c2[nH]c3ccccc3c2CCN1C(=O)C1=NN(C)C(=O)CC1. The molecule has 0 spiro atoms. The van der Waals surface area contributed by atoms with E-state index in [0.29, 0.717) is 25.1 Å². The Hall–Kier alpha value is -2.63. The van der Waals surface area contributed by atoms with Crippen molar-refractivity contribution in [1.29, 1.82) is 0 Å². The number of hydrazone groups is 1. The number of rotatable bonds is 1. The van der Waals surface area contributed by atoms with E-state index in [9.17, 15) is 9.59 Å². The average molecular weight is 324 g/mol. The van der Waals surface area contributed by atoms with Crippen molar-refractivity contribution >= 4 is 28.4 Å². The minimum Gasteiger partial charge on any atom is -0.356 e. The number of aromatic nitrogens is 1. The van der Waals surface area contributed by atoms with Crippen molar-refractivity contribution in [2.75, 3.05) is 13.6 Å². The van der Waals surface area contributed by atoms with Gasteiger partial charge in [-0.3, -0.25) is 9.59 Å². The molecule has 0 fully saturated rings. The normalized spacial score (nSPS) is 21.0. The van der Waals surface area contributed by atoms with Crippen LogP contribution in [0.25, 0.3) is 10.9 Å². The van der Waals surface area contributed by atoms with Gasteiger partial charge in [0.2, 0.25) is 5.91 Å². The zero-order valence-corrected chi connectivity index (χ0v) is 13.9. The molecule has 4 rings (SSSR count). The molecule has 0 radical (unpaired) electrons. The van der Waals surface area contributed by atoms with Gasteiger partial charge in [-0.1, -0.05) is 18.2 Å². The fourth-order valence-corrected chi connectivity index (χ4v) is 3.70. The van der Waals surface area contributed by atoms with E-state index >= 15 is 0 Å². The summed E-state index contributed by atoms with van der Waals surface area (Å²) in [6.45, 7) is 2.72. The number of amides is 2. The maximum atomic E-state index is 12.9. The Labute approximate surface area is 140 Å². The first-order valence-corrected chi connectivity index (χ1v) is 8.30. The molecule has 1 aromatic heterocycles. The van der Waals surface area contributed by atoms with Crippen LogP contribution in [0.3, 0.4) is 0 Å². The molecule has 1 aromatic carbocycles. The number of hydrogen-bond acceptors (Lipinski definition) is 3. The van der Waals surface area contributed by atoms with Crippen molar-refractivity contribution in [3.63, 3.8) is 0 Å². The predicted molar refractivity (Wildman–Crippen MR) is 91.6 cm³/mol. The fraction of sp³-hybridized carbons (Fsp3) is 0.389. The van der Waals surface area contributed by atoms with Gasteiger partial charge in [0.1, 0.15) is 5.71 Å². The Kier molecular flexibility index (Phi) is 3.40. The van der Waals surface area contributed by atoms with Gasteiger partial charge in [-0.2, -0.15) is 5.10 Å². The number of para-hydroxylation sites is 1. The van der Waals surface area contributed by atoms with E-state index in [1.54, 1.807) is 7.05 Å². The first kappa shape index (κ1) is 14.9. The molecule has 0 bridgehead atoms. The van der Waals surface area contributed by atoms with Gasteiger partial charge in [-0.05, 0) is 25.0 Å². The molecule has 2 aromatic rings. The lowest BCUT2D eigenvalue weighted by atomic mass is 9.97. The second-order valence-electron chi connectivity index (χ2n) is 6.45. The van der Waals surface area contributed by atoms with E-state index in [4.69, 9.17) is 0 Å². The van der Waals surface area contributed by atoms with Gasteiger partial charge in [-0.15, -0.1) is 0 Å². The first-order chi connectivity index (χ1) is 11.6. The molecule has 0 saturated carbocycles. The molecular weight excluding hydrogens is 304 g/mol. The van der Waals surface area contributed by atoms with Gasteiger partial charge in [0, 0.05) is 43.0 Å². The largest absolute Gasteiger partial charge is 0.356 e. The first-order valence-electron chi connectivity index (χ1n) is 8.30. The minimum atomic E-state index is -0.0637. The third-order valence-corrected chi connectivity index (χ3v) is 5.05. The molecular formula is C18H20N4O2. The Morgan fingerprint density at radius 1 is 1.25 bits per heavy atom. The summed E-state index contributed by atoms with van der Waals surface area (Å²) >= 11 is 0.